The molecule has 130 valence electrons. The van der Waals surface area contributed by atoms with Crippen LogP contribution in [-0.2, 0) is 11.0 Å². The summed E-state index contributed by atoms with van der Waals surface area (Å²) < 4.78 is 38.1. The number of rotatable bonds is 6. The van der Waals surface area contributed by atoms with Gasteiger partial charge in [-0.25, -0.2) is 0 Å². The molecule has 0 heterocycles. The molecule has 25 heavy (non-hydrogen) atoms. The highest BCUT2D eigenvalue weighted by Crippen LogP contribution is 2.32. The Morgan fingerprint density at radius 1 is 1.12 bits per heavy atom. The van der Waals surface area contributed by atoms with Gasteiger partial charge in [-0.1, -0.05) is 18.2 Å². The van der Waals surface area contributed by atoms with Gasteiger partial charge < -0.3 is 5.32 Å². The molecule has 0 aliphatic heterocycles. The topological polar surface area (TPSA) is 52.9 Å². The lowest BCUT2D eigenvalue weighted by molar-refractivity contribution is -0.137. The average Bonchev–Trinajstić information content (AvgIpc) is 2.59. The number of benzene rings is 2. The Kier molecular flexibility index (Phi) is 6.79. The third-order valence-electron chi connectivity index (χ3n) is 2.98. The molecule has 0 atom stereocenters. The minimum atomic E-state index is -4.41. The molecule has 1 amide bonds. The molecule has 0 radical (unpaired) electrons. The lowest BCUT2D eigenvalue weighted by Gasteiger charge is -2.10. The van der Waals surface area contributed by atoms with E-state index in [2.05, 4.69) is 5.32 Å². The van der Waals surface area contributed by atoms with E-state index in [9.17, 15) is 18.0 Å². The molecule has 2 rings (SSSR count). The van der Waals surface area contributed by atoms with Gasteiger partial charge in [-0.05, 0) is 30.3 Å². The lowest BCUT2D eigenvalue weighted by Crippen LogP contribution is -2.14. The molecule has 1 N–H and O–H groups in total. The number of nitrogens with one attached hydrogen (secondary N) is 1. The summed E-state index contributed by atoms with van der Waals surface area (Å²) in [6.45, 7) is 0. The van der Waals surface area contributed by atoms with E-state index in [0.29, 0.717) is 10.6 Å². The zero-order valence-electron chi connectivity index (χ0n) is 12.8. The molecule has 0 aromatic heterocycles. The van der Waals surface area contributed by atoms with Crippen LogP contribution in [-0.4, -0.2) is 17.4 Å². The first-order chi connectivity index (χ1) is 11.9. The Hall–Kier alpha value is -2.11. The third kappa shape index (κ3) is 6.03. The van der Waals surface area contributed by atoms with Crippen LogP contribution in [0.3, 0.4) is 0 Å². The molecule has 0 spiro atoms. The zero-order valence-corrected chi connectivity index (χ0v) is 14.5. The summed E-state index contributed by atoms with van der Waals surface area (Å²) in [6, 6.07) is 13.9. The van der Waals surface area contributed by atoms with Crippen molar-refractivity contribution in [3.05, 3.63) is 54.1 Å². The first-order valence-corrected chi connectivity index (χ1v) is 9.06. The number of carbonyl (C=O) groups excluding carboxylic acids is 1. The van der Waals surface area contributed by atoms with Crippen LogP contribution in [0.15, 0.2) is 58.3 Å². The van der Waals surface area contributed by atoms with Crippen LogP contribution >= 0.6 is 23.5 Å². The van der Waals surface area contributed by atoms with Gasteiger partial charge in [-0.3, -0.25) is 4.79 Å². The van der Waals surface area contributed by atoms with Crippen molar-refractivity contribution in [2.24, 2.45) is 0 Å². The highest BCUT2D eigenvalue weighted by molar-refractivity contribution is 8.00. The maximum atomic E-state index is 12.7. The van der Waals surface area contributed by atoms with Crippen LogP contribution in [0.5, 0.6) is 0 Å². The van der Waals surface area contributed by atoms with Crippen molar-refractivity contribution in [3.8, 4) is 6.07 Å². The van der Waals surface area contributed by atoms with Crippen molar-refractivity contribution in [2.45, 2.75) is 16.0 Å². The number of carbonyl (C=O) groups is 1. The Morgan fingerprint density at radius 3 is 2.60 bits per heavy atom. The largest absolute Gasteiger partial charge is 0.416 e. The van der Waals surface area contributed by atoms with Gasteiger partial charge in [0.15, 0.2) is 0 Å². The minimum absolute atomic E-state index is 0.0153. The van der Waals surface area contributed by atoms with Crippen molar-refractivity contribution in [3.63, 3.8) is 0 Å². The maximum absolute atomic E-state index is 12.7. The van der Waals surface area contributed by atoms with Crippen LogP contribution in [0.25, 0.3) is 0 Å². The summed E-state index contributed by atoms with van der Waals surface area (Å²) in [6.07, 6.45) is -4.41. The Bertz CT molecular complexity index is 788. The Balaban J connectivity index is 1.97. The first-order valence-electron chi connectivity index (χ1n) is 7.09. The molecule has 0 unspecified atom stereocenters. The molecular formula is C17H13F3N2OS2. The predicted molar refractivity (Wildman–Crippen MR) is 93.6 cm³/mol. The number of thioether (sulfide) groups is 2. The normalized spacial score (nSPS) is 11.0. The van der Waals surface area contributed by atoms with Gasteiger partial charge in [-0.15, -0.1) is 23.5 Å². The van der Waals surface area contributed by atoms with E-state index in [1.54, 1.807) is 24.3 Å². The smallest absolute Gasteiger partial charge is 0.324 e. The fourth-order valence-corrected chi connectivity index (χ4v) is 3.33. The molecule has 0 saturated heterocycles. The van der Waals surface area contributed by atoms with Crippen LogP contribution in [0.1, 0.15) is 5.56 Å². The average molecular weight is 382 g/mol. The van der Waals surface area contributed by atoms with Crippen LogP contribution in [0.2, 0.25) is 0 Å². The van der Waals surface area contributed by atoms with Crippen molar-refractivity contribution in [1.82, 2.24) is 0 Å². The summed E-state index contributed by atoms with van der Waals surface area (Å²) in [5.41, 5.74) is -0.159. The fourth-order valence-electron chi connectivity index (χ4n) is 1.90. The summed E-state index contributed by atoms with van der Waals surface area (Å²) in [4.78, 5) is 13.2. The summed E-state index contributed by atoms with van der Waals surface area (Å²) in [5, 5.41) is 11.4. The summed E-state index contributed by atoms with van der Waals surface area (Å²) in [5.74, 6) is -0.0860. The van der Waals surface area contributed by atoms with E-state index in [1.807, 2.05) is 6.07 Å². The molecule has 0 bridgehead atoms. The second-order valence-corrected chi connectivity index (χ2v) is 6.87. The second-order valence-electron chi connectivity index (χ2n) is 4.81. The first kappa shape index (κ1) is 19.2. The Morgan fingerprint density at radius 2 is 1.88 bits per heavy atom. The molecule has 3 nitrogen and oxygen atoms in total. The molecule has 0 aliphatic rings. The van der Waals surface area contributed by atoms with Crippen LogP contribution in [0.4, 0.5) is 18.9 Å². The minimum Gasteiger partial charge on any atom is -0.324 e. The number of para-hydroxylation sites is 1. The van der Waals surface area contributed by atoms with Crippen molar-refractivity contribution in [2.75, 3.05) is 16.8 Å². The fraction of sp³-hybridized carbons (Fsp3) is 0.176. The molecule has 8 heteroatoms. The number of nitriles is 1. The van der Waals surface area contributed by atoms with E-state index in [1.165, 1.54) is 23.9 Å². The molecule has 2 aromatic rings. The molecule has 0 fully saturated rings. The molecular weight excluding hydrogens is 369 g/mol. The number of alkyl halides is 3. The van der Waals surface area contributed by atoms with Gasteiger partial charge >= 0.3 is 6.18 Å². The SMILES string of the molecule is N#CCSc1ccccc1NC(=O)CSc1cccc(C(F)(F)F)c1. The molecule has 2 aromatic carbocycles. The Labute approximate surface area is 151 Å². The highest BCUT2D eigenvalue weighted by atomic mass is 32.2. The van der Waals surface area contributed by atoms with Crippen LogP contribution < -0.4 is 5.32 Å². The highest BCUT2D eigenvalue weighted by Gasteiger charge is 2.30. The quantitative estimate of drug-likeness (QED) is 0.710. The summed E-state index contributed by atoms with van der Waals surface area (Å²) in [7, 11) is 0. The number of nitrogens with zero attached hydrogens (tertiary/aromatic N) is 1. The maximum Gasteiger partial charge on any atom is 0.416 e. The lowest BCUT2D eigenvalue weighted by atomic mass is 10.2. The van der Waals surface area contributed by atoms with E-state index < -0.39 is 11.7 Å². The van der Waals surface area contributed by atoms with Gasteiger partial charge in [0.1, 0.15) is 0 Å². The van der Waals surface area contributed by atoms with Gasteiger partial charge in [0.05, 0.1) is 28.8 Å². The van der Waals surface area contributed by atoms with Crippen molar-refractivity contribution in [1.29, 1.82) is 5.26 Å². The van der Waals surface area contributed by atoms with E-state index in [-0.39, 0.29) is 17.4 Å². The van der Waals surface area contributed by atoms with E-state index in [4.69, 9.17) is 5.26 Å². The number of halogens is 3. The zero-order chi connectivity index (χ0) is 18.3. The third-order valence-corrected chi connectivity index (χ3v) is 4.92. The van der Waals surface area contributed by atoms with Crippen LogP contribution in [0, 0.1) is 11.3 Å². The van der Waals surface area contributed by atoms with E-state index in [0.717, 1.165) is 28.8 Å². The number of hydrogen-bond acceptors (Lipinski definition) is 4. The number of hydrogen-bond donors (Lipinski definition) is 1. The van der Waals surface area contributed by atoms with Crippen molar-refractivity contribution >= 4 is 35.1 Å². The molecule has 0 aliphatic carbocycles. The van der Waals surface area contributed by atoms with Crippen molar-refractivity contribution < 1.29 is 18.0 Å². The van der Waals surface area contributed by atoms with Gasteiger partial charge in [0.2, 0.25) is 5.91 Å². The molecule has 0 saturated carbocycles. The van der Waals surface area contributed by atoms with Gasteiger partial charge in [0, 0.05) is 9.79 Å². The predicted octanol–water partition coefficient (Wildman–Crippen LogP) is 5.05. The van der Waals surface area contributed by atoms with E-state index >= 15 is 0 Å². The summed E-state index contributed by atoms with van der Waals surface area (Å²) >= 11 is 2.33. The second kappa shape index (κ2) is 8.83. The van der Waals surface area contributed by atoms with Gasteiger partial charge in [0.25, 0.3) is 0 Å². The van der Waals surface area contributed by atoms with Gasteiger partial charge in [-0.2, -0.15) is 18.4 Å². The monoisotopic (exact) mass is 382 g/mol. The standard InChI is InChI=1S/C17H13F3N2OS2/c18-17(19,20)12-4-3-5-13(10-12)25-11-16(23)22-14-6-1-2-7-15(14)24-9-8-21/h1-7,10H,9,11H2,(H,22,23). The number of anilines is 1. The number of amides is 1.